The van der Waals surface area contributed by atoms with Crippen molar-refractivity contribution in [3.63, 3.8) is 0 Å². The van der Waals surface area contributed by atoms with Crippen molar-refractivity contribution in [2.75, 3.05) is 0 Å². The highest BCUT2D eigenvalue weighted by molar-refractivity contribution is 7.89. The Morgan fingerprint density at radius 1 is 1.10 bits per heavy atom. The lowest BCUT2D eigenvalue weighted by Gasteiger charge is -2.26. The van der Waals surface area contributed by atoms with E-state index < -0.39 is 38.6 Å². The number of hydrogen-bond donors (Lipinski definition) is 1. The second-order valence-corrected chi connectivity index (χ2v) is 8.70. The number of benzene rings is 2. The summed E-state index contributed by atoms with van der Waals surface area (Å²) in [5, 5.41) is 0. The predicted octanol–water partition coefficient (Wildman–Crippen LogP) is 3.56. The number of sulfonamides is 1. The fraction of sp³-hybridized carbons (Fsp3) is 0.350. The monoisotopic (exact) mass is 426 g/mol. The lowest BCUT2D eigenvalue weighted by molar-refractivity contribution is -0.139. The maximum absolute atomic E-state index is 13.2. The zero-order valence-electron chi connectivity index (χ0n) is 15.7. The highest BCUT2D eigenvalue weighted by Gasteiger charge is 2.39. The van der Waals surface area contributed by atoms with Crippen LogP contribution in [0, 0.1) is 0 Å². The summed E-state index contributed by atoms with van der Waals surface area (Å²) < 4.78 is 66.9. The molecule has 1 aliphatic carbocycles. The molecule has 1 atom stereocenters. The molecule has 29 heavy (non-hydrogen) atoms. The first-order valence-corrected chi connectivity index (χ1v) is 10.6. The minimum Gasteiger partial charge on any atom is -0.334 e. The first-order chi connectivity index (χ1) is 13.6. The van der Waals surface area contributed by atoms with Crippen molar-refractivity contribution < 1.29 is 26.4 Å². The lowest BCUT2D eigenvalue weighted by atomic mass is 10.2. The lowest BCUT2D eigenvalue weighted by Crippen LogP contribution is -2.47. The maximum Gasteiger partial charge on any atom is 0.417 e. The topological polar surface area (TPSA) is 66.5 Å². The van der Waals surface area contributed by atoms with Crippen LogP contribution in [0.1, 0.15) is 30.9 Å². The smallest absolute Gasteiger partial charge is 0.334 e. The Labute approximate surface area is 167 Å². The molecule has 3 rings (SSSR count). The molecule has 0 aliphatic heterocycles. The van der Waals surface area contributed by atoms with Crippen LogP contribution in [0.4, 0.5) is 13.2 Å². The van der Waals surface area contributed by atoms with Gasteiger partial charge in [-0.3, -0.25) is 4.79 Å². The molecule has 2 aromatic carbocycles. The molecule has 0 heterocycles. The number of amides is 1. The molecule has 0 aromatic heterocycles. The van der Waals surface area contributed by atoms with Gasteiger partial charge in [-0.15, -0.1) is 0 Å². The zero-order chi connectivity index (χ0) is 21.2. The molecule has 0 saturated heterocycles. The molecule has 1 unspecified atom stereocenters. The minimum atomic E-state index is -4.83. The summed E-state index contributed by atoms with van der Waals surface area (Å²) in [6.07, 6.45) is -3.20. The quantitative estimate of drug-likeness (QED) is 0.736. The van der Waals surface area contributed by atoms with Crippen LogP contribution < -0.4 is 4.72 Å². The number of halogens is 3. The molecule has 1 aliphatic rings. The molecular weight excluding hydrogens is 405 g/mol. The number of carbonyl (C=O) groups excluding carboxylic acids is 1. The van der Waals surface area contributed by atoms with Crippen LogP contribution in [0.25, 0.3) is 0 Å². The van der Waals surface area contributed by atoms with Gasteiger partial charge in [-0.1, -0.05) is 42.5 Å². The second kappa shape index (κ2) is 8.16. The van der Waals surface area contributed by atoms with Gasteiger partial charge in [0.25, 0.3) is 0 Å². The highest BCUT2D eigenvalue weighted by atomic mass is 32.2. The average molecular weight is 426 g/mol. The molecule has 1 fully saturated rings. The number of hydrogen-bond acceptors (Lipinski definition) is 3. The van der Waals surface area contributed by atoms with Crippen LogP contribution in [-0.2, 0) is 27.5 Å². The fourth-order valence-electron chi connectivity index (χ4n) is 3.08. The van der Waals surface area contributed by atoms with E-state index in [9.17, 15) is 26.4 Å². The summed E-state index contributed by atoms with van der Waals surface area (Å²) in [4.78, 5) is 13.6. The summed E-state index contributed by atoms with van der Waals surface area (Å²) in [6.45, 7) is 1.66. The third-order valence-electron chi connectivity index (χ3n) is 4.65. The Hall–Kier alpha value is -2.39. The van der Waals surface area contributed by atoms with Gasteiger partial charge in [-0.25, -0.2) is 8.42 Å². The number of rotatable bonds is 7. The van der Waals surface area contributed by atoms with E-state index in [0.29, 0.717) is 12.6 Å². The van der Waals surface area contributed by atoms with Gasteiger partial charge in [-0.05, 0) is 37.5 Å². The average Bonchev–Trinajstić information content (AvgIpc) is 3.50. The Kier molecular flexibility index (Phi) is 6.00. The summed E-state index contributed by atoms with van der Waals surface area (Å²) >= 11 is 0. The Morgan fingerprint density at radius 2 is 1.69 bits per heavy atom. The largest absolute Gasteiger partial charge is 0.417 e. The summed E-state index contributed by atoms with van der Waals surface area (Å²) in [5.41, 5.74) is -0.374. The maximum atomic E-state index is 13.2. The molecule has 0 radical (unpaired) electrons. The first kappa shape index (κ1) is 21.3. The van der Waals surface area contributed by atoms with Crippen molar-refractivity contribution >= 4 is 15.9 Å². The zero-order valence-corrected chi connectivity index (χ0v) is 16.5. The van der Waals surface area contributed by atoms with Crippen molar-refractivity contribution in [3.8, 4) is 0 Å². The summed E-state index contributed by atoms with van der Waals surface area (Å²) in [5.74, 6) is -0.468. The van der Waals surface area contributed by atoms with Gasteiger partial charge in [0.15, 0.2) is 0 Å². The van der Waals surface area contributed by atoms with Gasteiger partial charge in [0.2, 0.25) is 15.9 Å². The van der Waals surface area contributed by atoms with Crippen molar-refractivity contribution in [2.24, 2.45) is 0 Å². The molecule has 5 nitrogen and oxygen atoms in total. The van der Waals surface area contributed by atoms with Crippen molar-refractivity contribution in [2.45, 2.75) is 49.5 Å². The fourth-order valence-corrected chi connectivity index (χ4v) is 4.51. The van der Waals surface area contributed by atoms with Crippen LogP contribution in [0.5, 0.6) is 0 Å². The SMILES string of the molecule is CC(NS(=O)(=O)c1ccccc1C(F)(F)F)C(=O)N(Cc1ccccc1)C1CC1. The van der Waals surface area contributed by atoms with E-state index in [-0.39, 0.29) is 6.04 Å². The molecule has 2 aromatic rings. The van der Waals surface area contributed by atoms with Crippen molar-refractivity contribution in [3.05, 3.63) is 65.7 Å². The molecule has 0 bridgehead atoms. The predicted molar refractivity (Wildman–Crippen MR) is 101 cm³/mol. The minimum absolute atomic E-state index is 0.0112. The first-order valence-electron chi connectivity index (χ1n) is 9.12. The molecule has 1 amide bonds. The third kappa shape index (κ3) is 5.16. The van der Waals surface area contributed by atoms with Gasteiger partial charge in [0, 0.05) is 12.6 Å². The van der Waals surface area contributed by atoms with Crippen molar-refractivity contribution in [1.82, 2.24) is 9.62 Å². The van der Waals surface area contributed by atoms with Crippen LogP contribution in [-0.4, -0.2) is 31.3 Å². The van der Waals surface area contributed by atoms with Crippen molar-refractivity contribution in [1.29, 1.82) is 0 Å². The Bertz CT molecular complexity index is 974. The number of alkyl halides is 3. The van der Waals surface area contributed by atoms with Crippen LogP contribution in [0.2, 0.25) is 0 Å². The standard InChI is InChI=1S/C20H21F3N2O3S/c1-14(19(26)25(16-11-12-16)13-15-7-3-2-4-8-15)24-29(27,28)18-10-6-5-9-17(18)20(21,22)23/h2-10,14,16,24H,11-13H2,1H3. The molecule has 9 heteroatoms. The Morgan fingerprint density at radius 3 is 2.28 bits per heavy atom. The molecular formula is C20H21F3N2O3S. The van der Waals surface area contributed by atoms with E-state index in [1.54, 1.807) is 4.90 Å². The van der Waals surface area contributed by atoms with Crippen LogP contribution >= 0.6 is 0 Å². The molecule has 156 valence electrons. The second-order valence-electron chi connectivity index (χ2n) is 7.02. The molecule has 1 saturated carbocycles. The Balaban J connectivity index is 1.79. The molecule has 0 spiro atoms. The third-order valence-corrected chi connectivity index (χ3v) is 6.25. The summed E-state index contributed by atoms with van der Waals surface area (Å²) in [6, 6.07) is 12.0. The van der Waals surface area contributed by atoms with Gasteiger partial charge in [0.1, 0.15) is 0 Å². The van der Waals surface area contributed by atoms with E-state index in [4.69, 9.17) is 0 Å². The normalized spacial score (nSPS) is 15.7. The molecule has 1 N–H and O–H groups in total. The van der Waals surface area contributed by atoms with Gasteiger partial charge < -0.3 is 4.90 Å². The van der Waals surface area contributed by atoms with E-state index in [1.807, 2.05) is 30.3 Å². The van der Waals surface area contributed by atoms with E-state index in [2.05, 4.69) is 4.72 Å². The van der Waals surface area contributed by atoms with E-state index >= 15 is 0 Å². The van der Waals surface area contributed by atoms with Gasteiger partial charge in [-0.2, -0.15) is 17.9 Å². The number of nitrogens with one attached hydrogen (secondary N) is 1. The van der Waals surface area contributed by atoms with E-state index in [0.717, 1.165) is 30.5 Å². The summed E-state index contributed by atoms with van der Waals surface area (Å²) in [7, 11) is -4.55. The van der Waals surface area contributed by atoms with E-state index in [1.165, 1.54) is 13.0 Å². The highest BCUT2D eigenvalue weighted by Crippen LogP contribution is 2.34. The van der Waals surface area contributed by atoms with Gasteiger partial charge in [0.05, 0.1) is 16.5 Å². The van der Waals surface area contributed by atoms with Crippen LogP contribution in [0.3, 0.4) is 0 Å². The van der Waals surface area contributed by atoms with Crippen LogP contribution in [0.15, 0.2) is 59.5 Å². The number of nitrogens with zero attached hydrogens (tertiary/aromatic N) is 1. The van der Waals surface area contributed by atoms with Gasteiger partial charge >= 0.3 is 6.18 Å². The number of carbonyl (C=O) groups is 1.